The Morgan fingerprint density at radius 3 is 2.93 bits per heavy atom. The predicted molar refractivity (Wildman–Crippen MR) is 64.3 cm³/mol. The molecule has 0 atom stereocenters. The Labute approximate surface area is 98.8 Å². The maximum absolute atomic E-state index is 11.6. The number of rotatable bonds is 5. The molecule has 15 heavy (non-hydrogen) atoms. The Balaban J connectivity index is 2.57. The molecule has 0 saturated carbocycles. The highest BCUT2D eigenvalue weighted by molar-refractivity contribution is 9.08. The number of benzene rings is 1. The molecule has 0 aliphatic heterocycles. The van der Waals surface area contributed by atoms with Crippen molar-refractivity contribution < 1.29 is 9.53 Å². The molecule has 0 radical (unpaired) electrons. The Hall–Kier alpha value is -0.830. The van der Waals surface area contributed by atoms with E-state index in [9.17, 15) is 4.79 Å². The molecule has 0 unspecified atom stereocenters. The SMILES string of the molecule is CCCCOC(=O)c1cccc(CBr)c1. The number of halogens is 1. The van der Waals surface area contributed by atoms with E-state index in [0.29, 0.717) is 12.2 Å². The number of carbonyl (C=O) groups excluding carboxylic acids is 1. The summed E-state index contributed by atoms with van der Waals surface area (Å²) in [5, 5.41) is 0.753. The van der Waals surface area contributed by atoms with Crippen molar-refractivity contribution in [2.45, 2.75) is 25.1 Å². The quantitative estimate of drug-likeness (QED) is 0.465. The molecule has 0 aromatic heterocycles. The molecule has 82 valence electrons. The number of esters is 1. The van der Waals surface area contributed by atoms with E-state index < -0.39 is 0 Å². The molecule has 3 heteroatoms. The average molecular weight is 271 g/mol. The van der Waals surface area contributed by atoms with Gasteiger partial charge in [-0.2, -0.15) is 0 Å². The molecular weight excluding hydrogens is 256 g/mol. The molecule has 1 aromatic rings. The Morgan fingerprint density at radius 1 is 1.47 bits per heavy atom. The van der Waals surface area contributed by atoms with Crippen molar-refractivity contribution in [3.8, 4) is 0 Å². The van der Waals surface area contributed by atoms with Gasteiger partial charge in [0, 0.05) is 5.33 Å². The van der Waals surface area contributed by atoms with Gasteiger partial charge in [0.1, 0.15) is 0 Å². The fourth-order valence-corrected chi connectivity index (χ4v) is 1.52. The summed E-state index contributed by atoms with van der Waals surface area (Å²) < 4.78 is 5.11. The van der Waals surface area contributed by atoms with Crippen molar-refractivity contribution in [3.63, 3.8) is 0 Å². The molecule has 0 spiro atoms. The number of hydrogen-bond donors (Lipinski definition) is 0. The van der Waals surface area contributed by atoms with Crippen molar-refractivity contribution in [2.24, 2.45) is 0 Å². The lowest BCUT2D eigenvalue weighted by atomic mass is 10.1. The normalized spacial score (nSPS) is 10.0. The third-order valence-electron chi connectivity index (χ3n) is 2.05. The van der Waals surface area contributed by atoms with E-state index in [1.807, 2.05) is 18.2 Å². The number of alkyl halides is 1. The van der Waals surface area contributed by atoms with Crippen LogP contribution < -0.4 is 0 Å². The van der Waals surface area contributed by atoms with Crippen molar-refractivity contribution in [3.05, 3.63) is 35.4 Å². The molecule has 0 fully saturated rings. The first kappa shape index (κ1) is 12.2. The maximum atomic E-state index is 11.6. The molecule has 1 rings (SSSR count). The molecule has 0 heterocycles. The second-order valence-electron chi connectivity index (χ2n) is 3.32. The molecule has 0 saturated heterocycles. The number of unbranched alkanes of at least 4 members (excludes halogenated alkanes) is 1. The van der Waals surface area contributed by atoms with Crippen LogP contribution in [-0.4, -0.2) is 12.6 Å². The Kier molecular flexibility index (Phi) is 5.40. The molecule has 0 amide bonds. The van der Waals surface area contributed by atoms with Crippen LogP contribution in [0.2, 0.25) is 0 Å². The lowest BCUT2D eigenvalue weighted by molar-refractivity contribution is 0.0499. The largest absolute Gasteiger partial charge is 0.462 e. The third-order valence-corrected chi connectivity index (χ3v) is 2.70. The standard InChI is InChI=1S/C12H15BrO2/c1-2-3-7-15-12(14)11-6-4-5-10(8-11)9-13/h4-6,8H,2-3,7,9H2,1H3. The van der Waals surface area contributed by atoms with Crippen LogP contribution >= 0.6 is 15.9 Å². The topological polar surface area (TPSA) is 26.3 Å². The fraction of sp³-hybridized carbons (Fsp3) is 0.417. The summed E-state index contributed by atoms with van der Waals surface area (Å²) in [6, 6.07) is 7.47. The molecular formula is C12H15BrO2. The summed E-state index contributed by atoms with van der Waals surface area (Å²) in [5.41, 5.74) is 1.71. The van der Waals surface area contributed by atoms with E-state index in [1.54, 1.807) is 6.07 Å². The Bertz CT molecular complexity index is 323. The summed E-state index contributed by atoms with van der Waals surface area (Å²) in [5.74, 6) is -0.230. The lowest BCUT2D eigenvalue weighted by Gasteiger charge is -2.04. The first-order chi connectivity index (χ1) is 7.27. The monoisotopic (exact) mass is 270 g/mol. The van der Waals surface area contributed by atoms with Gasteiger partial charge in [-0.3, -0.25) is 0 Å². The van der Waals surface area contributed by atoms with Crippen LogP contribution in [0.1, 0.15) is 35.7 Å². The smallest absolute Gasteiger partial charge is 0.338 e. The van der Waals surface area contributed by atoms with E-state index >= 15 is 0 Å². The zero-order valence-corrected chi connectivity index (χ0v) is 10.4. The first-order valence-corrected chi connectivity index (χ1v) is 6.22. The van der Waals surface area contributed by atoms with Gasteiger partial charge in [-0.05, 0) is 24.1 Å². The van der Waals surface area contributed by atoms with Gasteiger partial charge in [0.15, 0.2) is 0 Å². The van der Waals surface area contributed by atoms with Gasteiger partial charge >= 0.3 is 5.97 Å². The number of carbonyl (C=O) groups is 1. The third kappa shape index (κ3) is 4.04. The minimum Gasteiger partial charge on any atom is -0.462 e. The van der Waals surface area contributed by atoms with E-state index in [2.05, 4.69) is 22.9 Å². The van der Waals surface area contributed by atoms with Crippen LogP contribution in [0.3, 0.4) is 0 Å². The summed E-state index contributed by atoms with van der Waals surface area (Å²) >= 11 is 3.35. The molecule has 0 bridgehead atoms. The van der Waals surface area contributed by atoms with E-state index in [1.165, 1.54) is 0 Å². The van der Waals surface area contributed by atoms with Crippen LogP contribution in [0.5, 0.6) is 0 Å². The highest BCUT2D eigenvalue weighted by Crippen LogP contribution is 2.10. The average Bonchev–Trinajstić information content (AvgIpc) is 2.29. The Morgan fingerprint density at radius 2 is 2.27 bits per heavy atom. The number of ether oxygens (including phenoxy) is 1. The van der Waals surface area contributed by atoms with Gasteiger partial charge < -0.3 is 4.74 Å². The molecule has 0 N–H and O–H groups in total. The summed E-state index contributed by atoms with van der Waals surface area (Å²) in [4.78, 5) is 11.6. The predicted octanol–water partition coefficient (Wildman–Crippen LogP) is 3.54. The van der Waals surface area contributed by atoms with Gasteiger partial charge in [-0.25, -0.2) is 4.79 Å². The van der Waals surface area contributed by atoms with Crippen LogP contribution in [0.4, 0.5) is 0 Å². The molecule has 1 aromatic carbocycles. The number of hydrogen-bond acceptors (Lipinski definition) is 2. The second kappa shape index (κ2) is 6.62. The molecule has 2 nitrogen and oxygen atoms in total. The van der Waals surface area contributed by atoms with Gasteiger partial charge in [0.05, 0.1) is 12.2 Å². The maximum Gasteiger partial charge on any atom is 0.338 e. The summed E-state index contributed by atoms with van der Waals surface area (Å²) in [7, 11) is 0. The van der Waals surface area contributed by atoms with Crippen LogP contribution in [0.15, 0.2) is 24.3 Å². The van der Waals surface area contributed by atoms with Crippen molar-refractivity contribution in [1.29, 1.82) is 0 Å². The van der Waals surface area contributed by atoms with Gasteiger partial charge in [-0.1, -0.05) is 41.4 Å². The van der Waals surface area contributed by atoms with Gasteiger partial charge in [0.2, 0.25) is 0 Å². The van der Waals surface area contributed by atoms with E-state index in [4.69, 9.17) is 4.74 Å². The van der Waals surface area contributed by atoms with Crippen LogP contribution in [-0.2, 0) is 10.1 Å². The highest BCUT2D eigenvalue weighted by atomic mass is 79.9. The molecule has 0 aliphatic carbocycles. The van der Waals surface area contributed by atoms with Crippen molar-refractivity contribution in [1.82, 2.24) is 0 Å². The van der Waals surface area contributed by atoms with Gasteiger partial charge in [0.25, 0.3) is 0 Å². The highest BCUT2D eigenvalue weighted by Gasteiger charge is 2.06. The van der Waals surface area contributed by atoms with Crippen LogP contribution in [0, 0.1) is 0 Å². The van der Waals surface area contributed by atoms with Crippen molar-refractivity contribution >= 4 is 21.9 Å². The first-order valence-electron chi connectivity index (χ1n) is 5.10. The van der Waals surface area contributed by atoms with Crippen LogP contribution in [0.25, 0.3) is 0 Å². The zero-order chi connectivity index (χ0) is 11.1. The summed E-state index contributed by atoms with van der Waals surface area (Å²) in [6.45, 7) is 2.58. The minimum absolute atomic E-state index is 0.230. The summed E-state index contributed by atoms with van der Waals surface area (Å²) in [6.07, 6.45) is 1.96. The fourth-order valence-electron chi connectivity index (χ4n) is 1.17. The molecule has 0 aliphatic rings. The van der Waals surface area contributed by atoms with E-state index in [0.717, 1.165) is 23.7 Å². The van der Waals surface area contributed by atoms with Crippen molar-refractivity contribution in [2.75, 3.05) is 6.61 Å². The van der Waals surface area contributed by atoms with E-state index in [-0.39, 0.29) is 5.97 Å². The van der Waals surface area contributed by atoms with Gasteiger partial charge in [-0.15, -0.1) is 0 Å². The zero-order valence-electron chi connectivity index (χ0n) is 8.83. The second-order valence-corrected chi connectivity index (χ2v) is 3.88. The lowest BCUT2D eigenvalue weighted by Crippen LogP contribution is -2.06. The minimum atomic E-state index is -0.230.